The van der Waals surface area contributed by atoms with Gasteiger partial charge in [0.25, 0.3) is 11.8 Å². The van der Waals surface area contributed by atoms with Gasteiger partial charge in [-0.3, -0.25) is 29.3 Å². The van der Waals surface area contributed by atoms with E-state index >= 15 is 0 Å². The Bertz CT molecular complexity index is 784. The first kappa shape index (κ1) is 15.8. The number of hydroxylamine groups is 2. The molecule has 4 amide bonds. The standard InChI is InChI=1S/C17H17N3O5/c21-14-6-5-13(15(22)18-14)19-9-12-10(16(19)23)3-1-4-11(12)17(24)20-7-2-8-25-20/h1,3-4,13H,2,5-9H2,(H,18,21,22). The van der Waals surface area contributed by atoms with Crippen LogP contribution in [0.25, 0.3) is 0 Å². The molecule has 3 aliphatic rings. The number of hydrogen-bond donors (Lipinski definition) is 1. The van der Waals surface area contributed by atoms with Crippen molar-refractivity contribution in [2.75, 3.05) is 13.2 Å². The lowest BCUT2D eigenvalue weighted by Gasteiger charge is -2.29. The summed E-state index contributed by atoms with van der Waals surface area (Å²) in [4.78, 5) is 55.5. The Hall–Kier alpha value is -2.74. The van der Waals surface area contributed by atoms with E-state index in [9.17, 15) is 19.2 Å². The zero-order chi connectivity index (χ0) is 17.6. The Kier molecular flexibility index (Phi) is 3.76. The molecule has 130 valence electrons. The van der Waals surface area contributed by atoms with E-state index in [2.05, 4.69) is 5.32 Å². The van der Waals surface area contributed by atoms with Crippen LogP contribution in [0.3, 0.4) is 0 Å². The fraction of sp³-hybridized carbons (Fsp3) is 0.412. The quantitative estimate of drug-likeness (QED) is 0.775. The maximum Gasteiger partial charge on any atom is 0.277 e. The van der Waals surface area contributed by atoms with Gasteiger partial charge in [0, 0.05) is 24.1 Å². The lowest BCUT2D eigenvalue weighted by molar-refractivity contribution is -0.136. The number of fused-ring (bicyclic) bond motifs is 1. The summed E-state index contributed by atoms with van der Waals surface area (Å²) in [7, 11) is 0. The second kappa shape index (κ2) is 5.96. The lowest BCUT2D eigenvalue weighted by Crippen LogP contribution is -2.52. The fourth-order valence-corrected chi connectivity index (χ4v) is 3.53. The van der Waals surface area contributed by atoms with Gasteiger partial charge in [0.15, 0.2) is 0 Å². The van der Waals surface area contributed by atoms with Crippen molar-refractivity contribution >= 4 is 23.6 Å². The molecule has 0 radical (unpaired) electrons. The Morgan fingerprint density at radius 3 is 2.80 bits per heavy atom. The number of benzene rings is 1. The minimum absolute atomic E-state index is 0.177. The van der Waals surface area contributed by atoms with Crippen LogP contribution in [0.1, 0.15) is 45.5 Å². The average Bonchev–Trinajstić information content (AvgIpc) is 3.23. The van der Waals surface area contributed by atoms with Gasteiger partial charge in [-0.2, -0.15) is 0 Å². The first-order chi connectivity index (χ1) is 12.1. The van der Waals surface area contributed by atoms with Crippen molar-refractivity contribution in [2.24, 2.45) is 0 Å². The highest BCUT2D eigenvalue weighted by atomic mass is 16.7. The largest absolute Gasteiger partial charge is 0.322 e. The summed E-state index contributed by atoms with van der Waals surface area (Å²) in [5, 5.41) is 3.58. The normalized spacial score (nSPS) is 23.0. The van der Waals surface area contributed by atoms with Crippen LogP contribution in [0, 0.1) is 0 Å². The molecule has 1 unspecified atom stereocenters. The van der Waals surface area contributed by atoms with Crippen LogP contribution in [-0.2, 0) is 21.0 Å². The first-order valence-electron chi connectivity index (χ1n) is 8.27. The van der Waals surface area contributed by atoms with E-state index in [0.29, 0.717) is 36.3 Å². The number of piperidine rings is 1. The summed E-state index contributed by atoms with van der Waals surface area (Å²) in [6.07, 6.45) is 1.27. The van der Waals surface area contributed by atoms with Crippen molar-refractivity contribution in [3.8, 4) is 0 Å². The van der Waals surface area contributed by atoms with Crippen LogP contribution < -0.4 is 5.32 Å². The Morgan fingerprint density at radius 1 is 1.24 bits per heavy atom. The van der Waals surface area contributed by atoms with Gasteiger partial charge in [0.1, 0.15) is 6.04 Å². The number of nitrogens with zero attached hydrogens (tertiary/aromatic N) is 2. The third-order valence-corrected chi connectivity index (χ3v) is 4.79. The Labute approximate surface area is 143 Å². The maximum atomic E-state index is 12.7. The molecule has 2 fully saturated rings. The minimum Gasteiger partial charge on any atom is -0.322 e. The van der Waals surface area contributed by atoms with Crippen molar-refractivity contribution in [1.29, 1.82) is 0 Å². The summed E-state index contributed by atoms with van der Waals surface area (Å²) in [6.45, 7) is 1.20. The summed E-state index contributed by atoms with van der Waals surface area (Å²) < 4.78 is 0. The Balaban J connectivity index is 1.63. The molecule has 1 N–H and O–H groups in total. The third kappa shape index (κ3) is 2.58. The molecule has 3 aliphatic heterocycles. The van der Waals surface area contributed by atoms with Crippen LogP contribution in [-0.4, -0.2) is 52.8 Å². The smallest absolute Gasteiger partial charge is 0.277 e. The predicted molar refractivity (Wildman–Crippen MR) is 84.1 cm³/mol. The monoisotopic (exact) mass is 343 g/mol. The number of amides is 4. The summed E-state index contributed by atoms with van der Waals surface area (Å²) in [5.74, 6) is -1.35. The van der Waals surface area contributed by atoms with Gasteiger partial charge in [0.2, 0.25) is 11.8 Å². The van der Waals surface area contributed by atoms with Gasteiger partial charge in [-0.25, -0.2) is 5.06 Å². The number of hydrogen-bond acceptors (Lipinski definition) is 5. The molecule has 2 saturated heterocycles. The molecule has 1 aromatic rings. The van der Waals surface area contributed by atoms with E-state index in [1.165, 1.54) is 9.96 Å². The highest BCUT2D eigenvalue weighted by Gasteiger charge is 2.40. The van der Waals surface area contributed by atoms with Gasteiger partial charge >= 0.3 is 0 Å². The molecule has 0 saturated carbocycles. The maximum absolute atomic E-state index is 12.7. The molecule has 0 aliphatic carbocycles. The van der Waals surface area contributed by atoms with Gasteiger partial charge in [-0.1, -0.05) is 6.07 Å². The van der Waals surface area contributed by atoms with E-state index in [-0.39, 0.29) is 30.7 Å². The molecular weight excluding hydrogens is 326 g/mol. The molecule has 8 heteroatoms. The molecular formula is C17H17N3O5. The second-order valence-electron chi connectivity index (χ2n) is 6.33. The molecule has 4 rings (SSSR count). The molecule has 1 atom stereocenters. The topological polar surface area (TPSA) is 96.0 Å². The van der Waals surface area contributed by atoms with E-state index in [1.54, 1.807) is 18.2 Å². The van der Waals surface area contributed by atoms with Crippen molar-refractivity contribution in [3.63, 3.8) is 0 Å². The van der Waals surface area contributed by atoms with Crippen LogP contribution >= 0.6 is 0 Å². The second-order valence-corrected chi connectivity index (χ2v) is 6.33. The van der Waals surface area contributed by atoms with Crippen molar-refractivity contribution in [3.05, 3.63) is 34.9 Å². The molecule has 8 nitrogen and oxygen atoms in total. The SMILES string of the molecule is O=C1CCC(N2Cc3c(C(=O)N4CCCO4)cccc3C2=O)C(=O)N1. The number of rotatable bonds is 2. The van der Waals surface area contributed by atoms with Gasteiger partial charge in [0.05, 0.1) is 13.2 Å². The number of carbonyl (C=O) groups is 4. The zero-order valence-corrected chi connectivity index (χ0v) is 13.5. The van der Waals surface area contributed by atoms with E-state index in [0.717, 1.165) is 6.42 Å². The van der Waals surface area contributed by atoms with Crippen LogP contribution in [0.2, 0.25) is 0 Å². The zero-order valence-electron chi connectivity index (χ0n) is 13.5. The highest BCUT2D eigenvalue weighted by Crippen LogP contribution is 2.30. The third-order valence-electron chi connectivity index (χ3n) is 4.79. The van der Waals surface area contributed by atoms with Crippen molar-refractivity contribution < 1.29 is 24.0 Å². The molecule has 3 heterocycles. The minimum atomic E-state index is -0.691. The molecule has 0 spiro atoms. The van der Waals surface area contributed by atoms with Crippen LogP contribution in [0.15, 0.2) is 18.2 Å². The number of carbonyl (C=O) groups excluding carboxylic acids is 4. The molecule has 0 aromatic heterocycles. The lowest BCUT2D eigenvalue weighted by atomic mass is 10.0. The highest BCUT2D eigenvalue weighted by molar-refractivity contribution is 6.07. The summed E-state index contributed by atoms with van der Waals surface area (Å²) in [5.41, 5.74) is 1.45. The van der Waals surface area contributed by atoms with Gasteiger partial charge in [-0.15, -0.1) is 0 Å². The first-order valence-corrected chi connectivity index (χ1v) is 8.27. The number of imide groups is 1. The van der Waals surface area contributed by atoms with E-state index in [1.807, 2.05) is 0 Å². The predicted octanol–water partition coefficient (Wildman–Crippen LogP) is 0.225. The molecule has 0 bridgehead atoms. The number of nitrogens with one attached hydrogen (secondary N) is 1. The summed E-state index contributed by atoms with van der Waals surface area (Å²) in [6, 6.07) is 4.30. The van der Waals surface area contributed by atoms with Crippen molar-refractivity contribution in [1.82, 2.24) is 15.3 Å². The van der Waals surface area contributed by atoms with Gasteiger partial charge in [-0.05, 0) is 30.5 Å². The van der Waals surface area contributed by atoms with Crippen LogP contribution in [0.4, 0.5) is 0 Å². The summed E-state index contributed by atoms with van der Waals surface area (Å²) >= 11 is 0. The molecule has 1 aromatic carbocycles. The van der Waals surface area contributed by atoms with Crippen LogP contribution in [0.5, 0.6) is 0 Å². The molecule has 25 heavy (non-hydrogen) atoms. The van der Waals surface area contributed by atoms with E-state index in [4.69, 9.17) is 4.84 Å². The van der Waals surface area contributed by atoms with E-state index < -0.39 is 11.9 Å². The van der Waals surface area contributed by atoms with Gasteiger partial charge < -0.3 is 4.90 Å². The van der Waals surface area contributed by atoms with Crippen molar-refractivity contribution in [2.45, 2.75) is 31.8 Å². The fourth-order valence-electron chi connectivity index (χ4n) is 3.53. The average molecular weight is 343 g/mol. The Morgan fingerprint density at radius 2 is 2.08 bits per heavy atom.